The number of hydrogen-bond donors (Lipinski definition) is 1. The normalized spacial score (nSPS) is 13.5. The number of non-ortho nitro benzene ring substituents is 1. The summed E-state index contributed by atoms with van der Waals surface area (Å²) in [4.78, 5) is 25.2. The van der Waals surface area contributed by atoms with Crippen LogP contribution in [0, 0.1) is 10.1 Å². The summed E-state index contributed by atoms with van der Waals surface area (Å²) in [7, 11) is -3.36. The van der Waals surface area contributed by atoms with Crippen molar-refractivity contribution in [3.8, 4) is 0 Å². The zero-order valence-corrected chi connectivity index (χ0v) is 17.9. The van der Waals surface area contributed by atoms with Crippen LogP contribution in [0.15, 0.2) is 58.4 Å². The molecule has 0 bridgehead atoms. The van der Waals surface area contributed by atoms with Crippen molar-refractivity contribution in [1.29, 1.82) is 0 Å². The van der Waals surface area contributed by atoms with Crippen LogP contribution in [0.2, 0.25) is 0 Å². The second-order valence-corrected chi connectivity index (χ2v) is 7.69. The van der Waals surface area contributed by atoms with Crippen molar-refractivity contribution < 1.29 is 57.9 Å². The van der Waals surface area contributed by atoms with E-state index in [2.05, 4.69) is 4.99 Å². The molecule has 0 saturated carbocycles. The molecule has 2 atom stereocenters. The molecular weight excluding hydrogens is 399 g/mol. The van der Waals surface area contributed by atoms with Gasteiger partial charge in [-0.2, -0.15) is 0 Å². The number of aliphatic hydroxyl groups is 1. The summed E-state index contributed by atoms with van der Waals surface area (Å²) in [6.07, 6.45) is 0.645. The maximum absolute atomic E-state index is 11.4. The minimum Gasteiger partial charge on any atom is -0.548 e. The van der Waals surface area contributed by atoms with Crippen LogP contribution in [-0.2, 0) is 14.6 Å². The van der Waals surface area contributed by atoms with Gasteiger partial charge in [-0.3, -0.25) is 15.1 Å². The van der Waals surface area contributed by atoms with Crippen molar-refractivity contribution in [2.24, 2.45) is 4.99 Å². The van der Waals surface area contributed by atoms with E-state index in [4.69, 9.17) is 0 Å². The standard InChI is InChI=1S/C17H16N2O7S.Na/c1-27(25,26)14-8-2-11(3-9-14)10-18-15(17(21)22)16(20)12-4-6-13(7-5-12)19(23)24;/h2-10,15-16,20H,1H3,(H,21,22);/q;+1/p-1. The number of sulfone groups is 1. The van der Waals surface area contributed by atoms with Gasteiger partial charge in [0.1, 0.15) is 12.1 Å². The van der Waals surface area contributed by atoms with Gasteiger partial charge in [0.25, 0.3) is 5.69 Å². The summed E-state index contributed by atoms with van der Waals surface area (Å²) in [5.41, 5.74) is 0.342. The Bertz CT molecular complexity index is 974. The van der Waals surface area contributed by atoms with Crippen LogP contribution in [-0.4, -0.2) is 42.9 Å². The second kappa shape index (κ2) is 9.89. The summed E-state index contributed by atoms with van der Waals surface area (Å²) in [5, 5.41) is 32.2. The number of aliphatic imine (C=N–C) groups is 1. The summed E-state index contributed by atoms with van der Waals surface area (Å²) in [6, 6.07) is 8.65. The fourth-order valence-electron chi connectivity index (χ4n) is 2.21. The van der Waals surface area contributed by atoms with Crippen molar-refractivity contribution in [2.45, 2.75) is 17.0 Å². The van der Waals surface area contributed by atoms with Crippen molar-refractivity contribution in [2.75, 3.05) is 6.26 Å². The quantitative estimate of drug-likeness (QED) is 0.224. The Balaban J connectivity index is 0.00000392. The molecule has 0 radical (unpaired) electrons. The summed E-state index contributed by atoms with van der Waals surface area (Å²) >= 11 is 0. The van der Waals surface area contributed by atoms with Gasteiger partial charge in [-0.15, -0.1) is 0 Å². The molecule has 2 rings (SSSR count). The molecule has 2 unspecified atom stereocenters. The molecule has 2 aromatic rings. The Labute approximate surface area is 183 Å². The molecule has 0 aliphatic heterocycles. The predicted molar refractivity (Wildman–Crippen MR) is 94.0 cm³/mol. The number of nitro groups is 1. The number of carboxylic acids is 1. The fraction of sp³-hybridized carbons (Fsp3) is 0.176. The number of aliphatic hydroxyl groups excluding tert-OH is 1. The molecule has 0 aromatic heterocycles. The zero-order chi connectivity index (χ0) is 20.2. The molecule has 142 valence electrons. The zero-order valence-electron chi connectivity index (χ0n) is 15.1. The molecule has 0 aliphatic rings. The SMILES string of the molecule is CS(=O)(=O)c1ccc(C=NC(C(=O)[O-])C(O)c2ccc([N+](=O)[O-])cc2)cc1.[Na+]. The third kappa shape index (κ3) is 6.21. The molecule has 0 aliphatic carbocycles. The van der Waals surface area contributed by atoms with Crippen LogP contribution in [0.1, 0.15) is 17.2 Å². The molecular formula is C17H15N2NaO7S. The summed E-state index contributed by atoms with van der Waals surface area (Å²) in [6.45, 7) is 0. The van der Waals surface area contributed by atoms with Gasteiger partial charge < -0.3 is 15.0 Å². The molecule has 11 heteroatoms. The van der Waals surface area contributed by atoms with Gasteiger partial charge in [-0.25, -0.2) is 8.42 Å². The Morgan fingerprint density at radius 1 is 1.14 bits per heavy atom. The number of aliphatic carboxylic acids is 1. The molecule has 1 N–H and O–H groups in total. The second-order valence-electron chi connectivity index (χ2n) is 5.68. The number of nitrogens with zero attached hydrogens (tertiary/aromatic N) is 2. The van der Waals surface area contributed by atoms with Crippen LogP contribution >= 0.6 is 0 Å². The Hall–Kier alpha value is -2.11. The van der Waals surface area contributed by atoms with Crippen molar-refractivity contribution in [3.63, 3.8) is 0 Å². The number of nitro benzene ring substituents is 1. The Morgan fingerprint density at radius 3 is 2.11 bits per heavy atom. The summed E-state index contributed by atoms with van der Waals surface area (Å²) in [5.74, 6) is -1.63. The maximum Gasteiger partial charge on any atom is 1.00 e. The van der Waals surface area contributed by atoms with Gasteiger partial charge in [0.2, 0.25) is 0 Å². The van der Waals surface area contributed by atoms with E-state index in [1.165, 1.54) is 42.6 Å². The topological polar surface area (TPSA) is 150 Å². The summed E-state index contributed by atoms with van der Waals surface area (Å²) < 4.78 is 22.8. The van der Waals surface area contributed by atoms with Gasteiger partial charge >= 0.3 is 29.6 Å². The van der Waals surface area contributed by atoms with Gasteiger partial charge in [0.15, 0.2) is 9.84 Å². The van der Waals surface area contributed by atoms with E-state index < -0.39 is 32.9 Å². The van der Waals surface area contributed by atoms with Crippen LogP contribution < -0.4 is 34.7 Å². The Kier molecular flexibility index (Phi) is 8.46. The molecule has 0 fully saturated rings. The average Bonchev–Trinajstić information content (AvgIpc) is 2.61. The van der Waals surface area contributed by atoms with Crippen LogP contribution in [0.5, 0.6) is 0 Å². The molecule has 28 heavy (non-hydrogen) atoms. The first-order chi connectivity index (χ1) is 12.6. The number of hydrogen-bond acceptors (Lipinski definition) is 8. The molecule has 0 amide bonds. The minimum absolute atomic E-state index is 0. The first kappa shape index (κ1) is 23.9. The van der Waals surface area contributed by atoms with Crippen molar-refractivity contribution in [1.82, 2.24) is 0 Å². The predicted octanol–water partition coefficient (Wildman–Crippen LogP) is -2.73. The average molecular weight is 414 g/mol. The monoisotopic (exact) mass is 414 g/mol. The van der Waals surface area contributed by atoms with E-state index in [1.807, 2.05) is 0 Å². The van der Waals surface area contributed by atoms with Gasteiger partial charge in [0, 0.05) is 24.6 Å². The largest absolute Gasteiger partial charge is 1.00 e. The number of carboxylic acid groups (broad SMARTS) is 1. The fourth-order valence-corrected chi connectivity index (χ4v) is 2.84. The van der Waals surface area contributed by atoms with Gasteiger partial charge in [0.05, 0.1) is 15.8 Å². The molecule has 0 heterocycles. The number of rotatable bonds is 7. The van der Waals surface area contributed by atoms with E-state index >= 15 is 0 Å². The molecule has 2 aromatic carbocycles. The first-order valence-electron chi connectivity index (χ1n) is 7.56. The van der Waals surface area contributed by atoms with Gasteiger partial charge in [-0.05, 0) is 35.4 Å². The van der Waals surface area contributed by atoms with E-state index in [0.29, 0.717) is 5.56 Å². The van der Waals surface area contributed by atoms with Crippen molar-refractivity contribution >= 4 is 27.7 Å². The smallest absolute Gasteiger partial charge is 0.548 e. The Morgan fingerprint density at radius 2 is 1.68 bits per heavy atom. The van der Waals surface area contributed by atoms with Crippen LogP contribution in [0.4, 0.5) is 5.69 Å². The van der Waals surface area contributed by atoms with Gasteiger partial charge in [-0.1, -0.05) is 12.1 Å². The van der Waals surface area contributed by atoms with Crippen molar-refractivity contribution in [3.05, 3.63) is 69.8 Å². The first-order valence-corrected chi connectivity index (χ1v) is 9.45. The number of benzene rings is 2. The third-order valence-electron chi connectivity index (χ3n) is 3.68. The molecule has 0 spiro atoms. The maximum atomic E-state index is 11.4. The minimum atomic E-state index is -3.36. The van der Waals surface area contributed by atoms with E-state index in [-0.39, 0.29) is 45.7 Å². The molecule has 9 nitrogen and oxygen atoms in total. The third-order valence-corrected chi connectivity index (χ3v) is 4.81. The van der Waals surface area contributed by atoms with Crippen LogP contribution in [0.3, 0.4) is 0 Å². The molecule has 0 saturated heterocycles. The van der Waals surface area contributed by atoms with E-state index in [1.54, 1.807) is 0 Å². The van der Waals surface area contributed by atoms with E-state index in [9.17, 15) is 33.5 Å². The number of carbonyl (C=O) groups is 1. The van der Waals surface area contributed by atoms with E-state index in [0.717, 1.165) is 18.4 Å². The number of carbonyl (C=O) groups excluding carboxylic acids is 1. The van der Waals surface area contributed by atoms with Crippen LogP contribution in [0.25, 0.3) is 0 Å².